The molecular weight excluding hydrogens is 666 g/mol. The Bertz CT molecular complexity index is 885. The standard InChI is InChI=1S/C45H85NO7/c1-6-8-10-12-14-16-18-20-22-24-25-27-29-31-33-35-43(47)52-40-41(39-51-38-37-42(45(49)50)46(3,4)5)53-44(48)36-34-32-30-28-26-23-21-19-17-15-13-11-9-7-2/h23,26,41-42H,6-22,24-25,27-40H2,1-5H3/p+1/b26-23+. The van der Waals surface area contributed by atoms with E-state index in [1.807, 2.05) is 21.1 Å². The maximum atomic E-state index is 12.7. The van der Waals surface area contributed by atoms with E-state index in [4.69, 9.17) is 14.2 Å². The molecule has 2 atom stereocenters. The number of hydrogen-bond acceptors (Lipinski definition) is 6. The summed E-state index contributed by atoms with van der Waals surface area (Å²) in [7, 11) is 5.53. The highest BCUT2D eigenvalue weighted by molar-refractivity contribution is 5.72. The maximum Gasteiger partial charge on any atom is 0.362 e. The third-order valence-electron chi connectivity index (χ3n) is 10.2. The Morgan fingerprint density at radius 2 is 0.943 bits per heavy atom. The molecule has 0 fully saturated rings. The molecule has 0 saturated heterocycles. The number of hydrogen-bond donors (Lipinski definition) is 1. The van der Waals surface area contributed by atoms with Crippen LogP contribution in [0.1, 0.15) is 206 Å². The Kier molecular flexibility index (Phi) is 35.7. The molecule has 8 nitrogen and oxygen atoms in total. The van der Waals surface area contributed by atoms with Crippen molar-refractivity contribution in [1.82, 2.24) is 0 Å². The molecule has 1 N–H and O–H groups in total. The van der Waals surface area contributed by atoms with Gasteiger partial charge in [-0.05, 0) is 38.5 Å². The van der Waals surface area contributed by atoms with Gasteiger partial charge in [-0.2, -0.15) is 0 Å². The number of carboxylic acid groups (broad SMARTS) is 1. The molecule has 53 heavy (non-hydrogen) atoms. The Morgan fingerprint density at radius 3 is 1.38 bits per heavy atom. The summed E-state index contributed by atoms with van der Waals surface area (Å²) in [5.41, 5.74) is 0. The van der Waals surface area contributed by atoms with Crippen LogP contribution < -0.4 is 0 Å². The van der Waals surface area contributed by atoms with E-state index >= 15 is 0 Å². The SMILES string of the molecule is CCCCCCCCC/C=C/CCCCCC(=O)OC(COCCC(C(=O)O)[N+](C)(C)C)COC(=O)CCCCCCCCCCCCCCCCC. The summed E-state index contributed by atoms with van der Waals surface area (Å²) in [5, 5.41) is 9.61. The average Bonchev–Trinajstić information content (AvgIpc) is 3.11. The summed E-state index contributed by atoms with van der Waals surface area (Å²) in [5.74, 6) is -1.47. The van der Waals surface area contributed by atoms with Crippen LogP contribution in [0.15, 0.2) is 12.2 Å². The van der Waals surface area contributed by atoms with Crippen LogP contribution in [0.4, 0.5) is 0 Å². The fraction of sp³-hybridized carbons (Fsp3) is 0.889. The molecule has 0 rings (SSSR count). The van der Waals surface area contributed by atoms with Gasteiger partial charge in [0.1, 0.15) is 6.61 Å². The molecule has 0 radical (unpaired) electrons. The number of likely N-dealkylation sites (N-methyl/N-ethyl adjacent to an activating group) is 1. The van der Waals surface area contributed by atoms with Gasteiger partial charge in [0, 0.05) is 19.3 Å². The monoisotopic (exact) mass is 753 g/mol. The van der Waals surface area contributed by atoms with E-state index in [-0.39, 0.29) is 36.2 Å². The Labute approximate surface area is 327 Å². The first-order valence-corrected chi connectivity index (χ1v) is 22.2. The molecule has 0 spiro atoms. The molecule has 8 heteroatoms. The second-order valence-corrected chi connectivity index (χ2v) is 16.3. The molecule has 0 aliphatic heterocycles. The molecule has 0 aromatic rings. The maximum absolute atomic E-state index is 12.7. The summed E-state index contributed by atoms with van der Waals surface area (Å²) in [4.78, 5) is 36.9. The van der Waals surface area contributed by atoms with Crippen molar-refractivity contribution in [2.45, 2.75) is 219 Å². The van der Waals surface area contributed by atoms with Crippen LogP contribution in [-0.4, -0.2) is 80.6 Å². The van der Waals surface area contributed by atoms with E-state index in [1.165, 1.54) is 122 Å². The van der Waals surface area contributed by atoms with Gasteiger partial charge in [0.05, 0.1) is 34.4 Å². The number of allylic oxidation sites excluding steroid dienone is 2. The lowest BCUT2D eigenvalue weighted by Gasteiger charge is -2.31. The third-order valence-corrected chi connectivity index (χ3v) is 10.2. The van der Waals surface area contributed by atoms with Gasteiger partial charge in [0.15, 0.2) is 12.1 Å². The normalized spacial score (nSPS) is 13.0. The van der Waals surface area contributed by atoms with Crippen molar-refractivity contribution in [1.29, 1.82) is 0 Å². The molecule has 0 heterocycles. The average molecular weight is 753 g/mol. The zero-order chi connectivity index (χ0) is 39.3. The number of aliphatic carboxylic acids is 1. The number of nitrogens with zero attached hydrogens (tertiary/aromatic N) is 1. The van der Waals surface area contributed by atoms with Crippen molar-refractivity contribution < 1.29 is 38.2 Å². The van der Waals surface area contributed by atoms with Gasteiger partial charge in [-0.3, -0.25) is 9.59 Å². The molecule has 312 valence electrons. The minimum atomic E-state index is -0.875. The highest BCUT2D eigenvalue weighted by Gasteiger charge is 2.31. The fourth-order valence-corrected chi connectivity index (χ4v) is 6.67. The Hall–Kier alpha value is -1.93. The lowest BCUT2D eigenvalue weighted by molar-refractivity contribution is -0.887. The van der Waals surface area contributed by atoms with Crippen molar-refractivity contribution in [3.8, 4) is 0 Å². The highest BCUT2D eigenvalue weighted by atomic mass is 16.6. The highest BCUT2D eigenvalue weighted by Crippen LogP contribution is 2.15. The Balaban J connectivity index is 4.33. The topological polar surface area (TPSA) is 99.1 Å². The molecule has 0 aromatic carbocycles. The Morgan fingerprint density at radius 1 is 0.547 bits per heavy atom. The van der Waals surface area contributed by atoms with Crippen molar-refractivity contribution in [3.05, 3.63) is 12.2 Å². The number of ether oxygens (including phenoxy) is 3. The van der Waals surface area contributed by atoms with Crippen LogP contribution in [0.25, 0.3) is 0 Å². The van der Waals surface area contributed by atoms with E-state index in [9.17, 15) is 19.5 Å². The number of carbonyl (C=O) groups excluding carboxylic acids is 2. The molecule has 0 aromatic heterocycles. The van der Waals surface area contributed by atoms with Gasteiger partial charge in [0.25, 0.3) is 0 Å². The molecular formula is C45H86NO7+. The lowest BCUT2D eigenvalue weighted by Crippen LogP contribution is -2.50. The van der Waals surface area contributed by atoms with Gasteiger partial charge in [-0.15, -0.1) is 0 Å². The van der Waals surface area contributed by atoms with Crippen molar-refractivity contribution in [2.75, 3.05) is 41.0 Å². The van der Waals surface area contributed by atoms with Gasteiger partial charge < -0.3 is 23.8 Å². The number of quaternary nitrogens is 1. The second-order valence-electron chi connectivity index (χ2n) is 16.3. The zero-order valence-electron chi connectivity index (χ0n) is 35.5. The molecule has 0 aliphatic carbocycles. The predicted molar refractivity (Wildman–Crippen MR) is 220 cm³/mol. The summed E-state index contributed by atoms with van der Waals surface area (Å²) < 4.78 is 17.3. The van der Waals surface area contributed by atoms with E-state index in [1.54, 1.807) is 0 Å². The predicted octanol–water partition coefficient (Wildman–Crippen LogP) is 11.9. The van der Waals surface area contributed by atoms with Crippen molar-refractivity contribution in [2.24, 2.45) is 0 Å². The summed E-state index contributed by atoms with van der Waals surface area (Å²) in [6, 6.07) is -0.612. The molecule has 0 aliphatic rings. The largest absolute Gasteiger partial charge is 0.477 e. The fourth-order valence-electron chi connectivity index (χ4n) is 6.67. The van der Waals surface area contributed by atoms with Crippen LogP contribution >= 0.6 is 0 Å². The number of carbonyl (C=O) groups is 3. The molecule has 2 unspecified atom stereocenters. The van der Waals surface area contributed by atoms with Crippen LogP contribution in [0, 0.1) is 0 Å². The van der Waals surface area contributed by atoms with Crippen LogP contribution in [0.5, 0.6) is 0 Å². The minimum Gasteiger partial charge on any atom is -0.477 e. The first kappa shape index (κ1) is 51.1. The third kappa shape index (κ3) is 35.5. The number of esters is 2. The molecule has 0 bridgehead atoms. The van der Waals surface area contributed by atoms with Gasteiger partial charge in [0.2, 0.25) is 0 Å². The zero-order valence-corrected chi connectivity index (χ0v) is 35.5. The number of unbranched alkanes of at least 4 members (excludes halogenated alkanes) is 24. The molecule has 0 saturated carbocycles. The van der Waals surface area contributed by atoms with Crippen molar-refractivity contribution >= 4 is 17.9 Å². The second kappa shape index (κ2) is 37.0. The summed E-state index contributed by atoms with van der Waals surface area (Å²) >= 11 is 0. The van der Waals surface area contributed by atoms with E-state index in [0.717, 1.165) is 51.4 Å². The van der Waals surface area contributed by atoms with Gasteiger partial charge in [-0.1, -0.05) is 161 Å². The summed E-state index contributed by atoms with van der Waals surface area (Å²) in [6.45, 7) is 4.74. The van der Waals surface area contributed by atoms with Crippen LogP contribution in [0.3, 0.4) is 0 Å². The number of carboxylic acids is 1. The minimum absolute atomic E-state index is 0.0511. The first-order valence-electron chi connectivity index (χ1n) is 22.2. The van der Waals surface area contributed by atoms with Crippen molar-refractivity contribution in [3.63, 3.8) is 0 Å². The van der Waals surface area contributed by atoms with Gasteiger partial charge in [-0.25, -0.2) is 4.79 Å². The molecule has 0 amide bonds. The number of rotatable bonds is 40. The van der Waals surface area contributed by atoms with Crippen LogP contribution in [-0.2, 0) is 28.6 Å². The van der Waals surface area contributed by atoms with Gasteiger partial charge >= 0.3 is 17.9 Å². The van der Waals surface area contributed by atoms with E-state index in [2.05, 4.69) is 26.0 Å². The van der Waals surface area contributed by atoms with E-state index in [0.29, 0.717) is 19.3 Å². The first-order chi connectivity index (χ1) is 25.6. The lowest BCUT2D eigenvalue weighted by atomic mass is 10.0. The smallest absolute Gasteiger partial charge is 0.362 e. The summed E-state index contributed by atoms with van der Waals surface area (Å²) in [6.07, 6.45) is 38.2. The van der Waals surface area contributed by atoms with Crippen LogP contribution in [0.2, 0.25) is 0 Å². The quantitative estimate of drug-likeness (QED) is 0.0288. The van der Waals surface area contributed by atoms with E-state index < -0.39 is 18.1 Å².